The molecule has 0 radical (unpaired) electrons. The van der Waals surface area contributed by atoms with Crippen LogP contribution in [0.5, 0.6) is 5.75 Å². The van der Waals surface area contributed by atoms with Crippen LogP contribution in [0.1, 0.15) is 0 Å². The van der Waals surface area contributed by atoms with Crippen LogP contribution in [0.3, 0.4) is 0 Å². The summed E-state index contributed by atoms with van der Waals surface area (Å²) in [7, 11) is -3.47. The Balaban J connectivity index is 3.15. The predicted octanol–water partition coefficient (Wildman–Crippen LogP) is 2.00. The molecule has 0 spiro atoms. The number of ether oxygens (including phenoxy) is 1. The Morgan fingerprint density at radius 2 is 2.13 bits per heavy atom. The highest BCUT2D eigenvalue weighted by atomic mass is 79.9. The highest BCUT2D eigenvalue weighted by molar-refractivity contribution is 9.09. The molecule has 1 aromatic carbocycles. The first-order valence-corrected chi connectivity index (χ1v) is 7.15. The van der Waals surface area contributed by atoms with Gasteiger partial charge in [0.2, 0.25) is 0 Å². The number of halogens is 2. The third-order valence-electron chi connectivity index (χ3n) is 1.64. The molecule has 1 aromatic rings. The number of benzene rings is 1. The van der Waals surface area contributed by atoms with E-state index in [0.717, 1.165) is 18.4 Å². The van der Waals surface area contributed by atoms with Gasteiger partial charge in [0, 0.05) is 11.6 Å². The van der Waals surface area contributed by atoms with Gasteiger partial charge in [-0.05, 0) is 18.2 Å². The summed E-state index contributed by atoms with van der Waals surface area (Å²) >= 11 is 3.15. The molecule has 0 unspecified atom stereocenters. The van der Waals surface area contributed by atoms with Crippen LogP contribution in [0.15, 0.2) is 23.1 Å². The van der Waals surface area contributed by atoms with E-state index in [1.807, 2.05) is 0 Å². The third kappa shape index (κ3) is 3.46. The van der Waals surface area contributed by atoms with Gasteiger partial charge in [0.15, 0.2) is 9.84 Å². The SMILES string of the molecule is CS(=O)(=O)c1cc(F)ccc1OCCBr. The van der Waals surface area contributed by atoms with Crippen molar-refractivity contribution in [2.45, 2.75) is 4.90 Å². The van der Waals surface area contributed by atoms with Crippen molar-refractivity contribution < 1.29 is 17.5 Å². The molecule has 0 atom stereocenters. The second-order valence-corrected chi connectivity index (χ2v) is 5.68. The molecule has 1 rings (SSSR count). The van der Waals surface area contributed by atoms with Gasteiger partial charge in [0.05, 0.1) is 6.61 Å². The summed E-state index contributed by atoms with van der Waals surface area (Å²) in [5.74, 6) is -0.417. The van der Waals surface area contributed by atoms with Crippen molar-refractivity contribution in [2.24, 2.45) is 0 Å². The first-order valence-electron chi connectivity index (χ1n) is 4.13. The number of sulfone groups is 1. The largest absolute Gasteiger partial charge is 0.491 e. The molecule has 6 heteroatoms. The smallest absolute Gasteiger partial charge is 0.179 e. The Hall–Kier alpha value is -0.620. The average molecular weight is 297 g/mol. The van der Waals surface area contributed by atoms with E-state index in [1.165, 1.54) is 6.07 Å². The van der Waals surface area contributed by atoms with E-state index in [-0.39, 0.29) is 10.6 Å². The fourth-order valence-corrected chi connectivity index (χ4v) is 2.02. The molecular formula is C9H10BrFO3S. The lowest BCUT2D eigenvalue weighted by Gasteiger charge is -2.08. The van der Waals surface area contributed by atoms with E-state index in [1.54, 1.807) is 0 Å². The molecule has 15 heavy (non-hydrogen) atoms. The predicted molar refractivity (Wildman–Crippen MR) is 58.8 cm³/mol. The van der Waals surface area contributed by atoms with Gasteiger partial charge in [-0.15, -0.1) is 0 Å². The Morgan fingerprint density at radius 3 is 2.67 bits per heavy atom. The van der Waals surface area contributed by atoms with Crippen LogP contribution in [0.2, 0.25) is 0 Å². The third-order valence-corrected chi connectivity index (χ3v) is 3.08. The van der Waals surface area contributed by atoms with E-state index >= 15 is 0 Å². The lowest BCUT2D eigenvalue weighted by atomic mass is 10.3. The molecule has 0 aliphatic rings. The Morgan fingerprint density at radius 1 is 1.47 bits per heavy atom. The highest BCUT2D eigenvalue weighted by Crippen LogP contribution is 2.24. The molecule has 0 aliphatic carbocycles. The summed E-state index contributed by atoms with van der Waals surface area (Å²) in [6, 6.07) is 3.44. The van der Waals surface area contributed by atoms with Crippen LogP contribution >= 0.6 is 15.9 Å². The zero-order valence-corrected chi connectivity index (χ0v) is 10.4. The van der Waals surface area contributed by atoms with Gasteiger partial charge in [-0.1, -0.05) is 15.9 Å². The van der Waals surface area contributed by atoms with Gasteiger partial charge < -0.3 is 4.74 Å². The van der Waals surface area contributed by atoms with Crippen LogP contribution in [-0.4, -0.2) is 26.6 Å². The summed E-state index contributed by atoms with van der Waals surface area (Å²) in [5, 5.41) is 0.577. The minimum absolute atomic E-state index is 0.122. The van der Waals surface area contributed by atoms with Gasteiger partial charge in [-0.25, -0.2) is 12.8 Å². The van der Waals surface area contributed by atoms with Crippen molar-refractivity contribution in [1.29, 1.82) is 0 Å². The fraction of sp³-hybridized carbons (Fsp3) is 0.333. The second-order valence-electron chi connectivity index (χ2n) is 2.90. The molecule has 0 bridgehead atoms. The zero-order chi connectivity index (χ0) is 11.5. The van der Waals surface area contributed by atoms with Crippen molar-refractivity contribution in [3.63, 3.8) is 0 Å². The standard InChI is InChI=1S/C9H10BrFO3S/c1-15(12,13)9-6-7(11)2-3-8(9)14-5-4-10/h2-3,6H,4-5H2,1H3. The molecule has 0 saturated heterocycles. The maximum atomic E-state index is 12.9. The molecule has 0 fully saturated rings. The molecule has 0 heterocycles. The Kier molecular flexibility index (Phi) is 4.10. The van der Waals surface area contributed by atoms with E-state index in [9.17, 15) is 12.8 Å². The number of hydrogen-bond donors (Lipinski definition) is 0. The monoisotopic (exact) mass is 296 g/mol. The average Bonchev–Trinajstić information content (AvgIpc) is 2.14. The van der Waals surface area contributed by atoms with E-state index in [2.05, 4.69) is 15.9 Å². The maximum Gasteiger partial charge on any atom is 0.179 e. The van der Waals surface area contributed by atoms with Gasteiger partial charge >= 0.3 is 0 Å². The van der Waals surface area contributed by atoms with E-state index < -0.39 is 15.7 Å². The van der Waals surface area contributed by atoms with E-state index in [0.29, 0.717) is 11.9 Å². The molecule has 3 nitrogen and oxygen atoms in total. The second kappa shape index (κ2) is 4.94. The zero-order valence-electron chi connectivity index (χ0n) is 8.04. The van der Waals surface area contributed by atoms with Crippen LogP contribution in [0, 0.1) is 5.82 Å². The normalized spacial score (nSPS) is 11.4. The number of rotatable bonds is 4. The Bertz CT molecular complexity index is 445. The Labute approximate surface area is 96.3 Å². The van der Waals surface area contributed by atoms with Crippen LogP contribution in [0.25, 0.3) is 0 Å². The van der Waals surface area contributed by atoms with Crippen LogP contribution in [-0.2, 0) is 9.84 Å². The minimum Gasteiger partial charge on any atom is -0.491 e. The first kappa shape index (κ1) is 12.4. The summed E-state index contributed by atoms with van der Waals surface area (Å²) in [4.78, 5) is -0.122. The van der Waals surface area contributed by atoms with Gasteiger partial charge in [0.1, 0.15) is 16.5 Å². The summed E-state index contributed by atoms with van der Waals surface area (Å²) < 4.78 is 40.7. The lowest BCUT2D eigenvalue weighted by Crippen LogP contribution is -2.05. The van der Waals surface area contributed by atoms with Crippen LogP contribution < -0.4 is 4.74 Å². The van der Waals surface area contributed by atoms with Crippen molar-refractivity contribution in [3.05, 3.63) is 24.0 Å². The molecule has 0 aliphatic heterocycles. The topological polar surface area (TPSA) is 43.4 Å². The molecule has 84 valence electrons. The van der Waals surface area contributed by atoms with Gasteiger partial charge in [-0.2, -0.15) is 0 Å². The number of alkyl halides is 1. The quantitative estimate of drug-likeness (QED) is 0.798. The van der Waals surface area contributed by atoms with Gasteiger partial charge in [-0.3, -0.25) is 0 Å². The van der Waals surface area contributed by atoms with Crippen molar-refractivity contribution >= 4 is 25.8 Å². The molecule has 0 aromatic heterocycles. The summed E-state index contributed by atoms with van der Waals surface area (Å²) in [5.41, 5.74) is 0. The van der Waals surface area contributed by atoms with E-state index in [4.69, 9.17) is 4.74 Å². The maximum absolute atomic E-state index is 12.9. The highest BCUT2D eigenvalue weighted by Gasteiger charge is 2.15. The first-order chi connectivity index (χ1) is 6.95. The molecule has 0 saturated carbocycles. The summed E-state index contributed by atoms with van der Waals surface area (Å²) in [6.07, 6.45) is 1.02. The molecule has 0 amide bonds. The number of hydrogen-bond acceptors (Lipinski definition) is 3. The molecular weight excluding hydrogens is 287 g/mol. The van der Waals surface area contributed by atoms with Gasteiger partial charge in [0.25, 0.3) is 0 Å². The van der Waals surface area contributed by atoms with Crippen molar-refractivity contribution in [1.82, 2.24) is 0 Å². The fourth-order valence-electron chi connectivity index (χ4n) is 1.04. The van der Waals surface area contributed by atoms with Crippen molar-refractivity contribution in [3.8, 4) is 5.75 Å². The summed E-state index contributed by atoms with van der Waals surface area (Å²) in [6.45, 7) is 0.328. The van der Waals surface area contributed by atoms with Crippen molar-refractivity contribution in [2.75, 3.05) is 18.2 Å². The van der Waals surface area contributed by atoms with Crippen LogP contribution in [0.4, 0.5) is 4.39 Å². The minimum atomic E-state index is -3.47. The lowest BCUT2D eigenvalue weighted by molar-refractivity contribution is 0.335. The molecule has 0 N–H and O–H groups in total.